The van der Waals surface area contributed by atoms with Gasteiger partial charge in [0.2, 0.25) is 10.0 Å². The number of piperidine rings is 1. The molecule has 0 aromatic heterocycles. The first-order valence-electron chi connectivity index (χ1n) is 7.94. The molecular weight excluding hydrogens is 306 g/mol. The van der Waals surface area contributed by atoms with Crippen molar-refractivity contribution in [1.82, 2.24) is 14.1 Å². The zero-order valence-electron chi connectivity index (χ0n) is 13.1. The van der Waals surface area contributed by atoms with Crippen molar-refractivity contribution < 1.29 is 18.0 Å². The second-order valence-electron chi connectivity index (χ2n) is 6.63. The number of carbonyl (C=O) groups is 2. The lowest BCUT2D eigenvalue weighted by atomic mass is 10.1. The van der Waals surface area contributed by atoms with Gasteiger partial charge in [-0.3, -0.25) is 9.69 Å². The number of imide groups is 1. The highest BCUT2D eigenvalue weighted by molar-refractivity contribution is 7.89. The lowest BCUT2D eigenvalue weighted by Crippen LogP contribution is -2.49. The molecule has 2 heterocycles. The van der Waals surface area contributed by atoms with Crippen LogP contribution in [0.1, 0.15) is 39.5 Å². The SMILES string of the molecule is CC(C)S(=O)(=O)N1CCC(N2CC(=O)N(C3CC3)C2=O)CC1. The maximum Gasteiger partial charge on any atom is 0.327 e. The third kappa shape index (κ3) is 2.62. The van der Waals surface area contributed by atoms with E-state index in [2.05, 4.69) is 0 Å². The van der Waals surface area contributed by atoms with E-state index in [0.29, 0.717) is 25.9 Å². The summed E-state index contributed by atoms with van der Waals surface area (Å²) in [7, 11) is -3.23. The highest BCUT2D eigenvalue weighted by Crippen LogP contribution is 2.32. The number of carbonyl (C=O) groups excluding carboxylic acids is 2. The van der Waals surface area contributed by atoms with Gasteiger partial charge in [-0.2, -0.15) is 0 Å². The van der Waals surface area contributed by atoms with Crippen LogP contribution in [0.15, 0.2) is 0 Å². The van der Waals surface area contributed by atoms with Crippen LogP contribution in [0.25, 0.3) is 0 Å². The molecule has 0 N–H and O–H groups in total. The minimum absolute atomic E-state index is 0.0289. The molecule has 0 unspecified atom stereocenters. The Morgan fingerprint density at radius 1 is 1.00 bits per heavy atom. The zero-order chi connectivity index (χ0) is 16.1. The van der Waals surface area contributed by atoms with Crippen LogP contribution in [0.5, 0.6) is 0 Å². The third-order valence-corrected chi connectivity index (χ3v) is 7.03. The first-order valence-corrected chi connectivity index (χ1v) is 9.44. The summed E-state index contributed by atoms with van der Waals surface area (Å²) in [6.45, 7) is 4.35. The Labute approximate surface area is 131 Å². The van der Waals surface area contributed by atoms with Gasteiger partial charge in [0.15, 0.2) is 0 Å². The summed E-state index contributed by atoms with van der Waals surface area (Å²) in [6, 6.07) is -0.108. The monoisotopic (exact) mass is 329 g/mol. The fourth-order valence-electron chi connectivity index (χ4n) is 3.22. The number of rotatable bonds is 4. The van der Waals surface area contributed by atoms with Crippen LogP contribution in [-0.2, 0) is 14.8 Å². The first kappa shape index (κ1) is 15.7. The van der Waals surface area contributed by atoms with Gasteiger partial charge in [-0.25, -0.2) is 17.5 Å². The molecule has 0 spiro atoms. The molecule has 0 bridgehead atoms. The number of hydrogen-bond acceptors (Lipinski definition) is 4. The molecule has 7 nitrogen and oxygen atoms in total. The van der Waals surface area contributed by atoms with Gasteiger partial charge in [0.1, 0.15) is 6.54 Å². The molecule has 3 amide bonds. The number of nitrogens with zero attached hydrogens (tertiary/aromatic N) is 3. The predicted molar refractivity (Wildman–Crippen MR) is 80.6 cm³/mol. The molecule has 1 saturated carbocycles. The molecule has 0 radical (unpaired) electrons. The number of sulfonamides is 1. The van der Waals surface area contributed by atoms with Crippen molar-refractivity contribution in [2.45, 2.75) is 56.9 Å². The fourth-order valence-corrected chi connectivity index (χ4v) is 4.53. The van der Waals surface area contributed by atoms with Gasteiger partial charge in [-0.1, -0.05) is 0 Å². The highest BCUT2D eigenvalue weighted by Gasteiger charge is 2.47. The molecule has 124 valence electrons. The average molecular weight is 329 g/mol. The zero-order valence-corrected chi connectivity index (χ0v) is 13.9. The normalized spacial score (nSPS) is 25.6. The summed E-state index contributed by atoms with van der Waals surface area (Å²) in [5, 5.41) is -0.426. The molecule has 3 fully saturated rings. The minimum Gasteiger partial charge on any atom is -0.312 e. The van der Waals surface area contributed by atoms with Gasteiger partial charge in [-0.15, -0.1) is 0 Å². The molecule has 0 aromatic carbocycles. The van der Waals surface area contributed by atoms with Gasteiger partial charge in [-0.05, 0) is 39.5 Å². The lowest BCUT2D eigenvalue weighted by molar-refractivity contribution is -0.125. The van der Waals surface area contributed by atoms with E-state index < -0.39 is 15.3 Å². The number of hydrogen-bond donors (Lipinski definition) is 0. The molecule has 3 rings (SSSR count). The smallest absolute Gasteiger partial charge is 0.312 e. The Hall–Kier alpha value is -1.15. The Bertz CT molecular complexity index is 577. The van der Waals surface area contributed by atoms with E-state index in [-0.39, 0.29) is 30.6 Å². The number of amides is 3. The van der Waals surface area contributed by atoms with Crippen LogP contribution in [0, 0.1) is 0 Å². The molecule has 8 heteroatoms. The van der Waals surface area contributed by atoms with Crippen molar-refractivity contribution in [3.63, 3.8) is 0 Å². The number of urea groups is 1. The second-order valence-corrected chi connectivity index (χ2v) is 9.12. The minimum atomic E-state index is -3.23. The molecule has 0 atom stereocenters. The first-order chi connectivity index (χ1) is 10.3. The Balaban J connectivity index is 1.62. The third-order valence-electron chi connectivity index (χ3n) is 4.76. The van der Waals surface area contributed by atoms with E-state index in [1.165, 1.54) is 9.21 Å². The van der Waals surface area contributed by atoms with E-state index in [0.717, 1.165) is 12.8 Å². The molecule has 2 saturated heterocycles. The van der Waals surface area contributed by atoms with E-state index in [1.807, 2.05) is 0 Å². The Kier molecular flexibility index (Phi) is 3.92. The van der Waals surface area contributed by atoms with Crippen molar-refractivity contribution in [2.24, 2.45) is 0 Å². The standard InChI is InChI=1S/C14H23N3O4S/c1-10(2)22(20,21)15-7-5-11(6-8-15)16-9-13(18)17(14(16)19)12-3-4-12/h10-12H,3-9H2,1-2H3. The van der Waals surface area contributed by atoms with Gasteiger partial charge in [0.25, 0.3) is 5.91 Å². The lowest BCUT2D eigenvalue weighted by Gasteiger charge is -2.36. The van der Waals surface area contributed by atoms with Crippen LogP contribution in [0.2, 0.25) is 0 Å². The summed E-state index contributed by atoms with van der Waals surface area (Å²) < 4.78 is 25.8. The van der Waals surface area contributed by atoms with E-state index >= 15 is 0 Å². The van der Waals surface area contributed by atoms with Crippen molar-refractivity contribution in [2.75, 3.05) is 19.6 Å². The average Bonchev–Trinajstić information content (AvgIpc) is 3.25. The van der Waals surface area contributed by atoms with Crippen LogP contribution in [0.3, 0.4) is 0 Å². The summed E-state index contributed by atoms with van der Waals surface area (Å²) in [5.74, 6) is -0.107. The van der Waals surface area contributed by atoms with Gasteiger partial charge < -0.3 is 4.90 Å². The summed E-state index contributed by atoms with van der Waals surface area (Å²) in [4.78, 5) is 27.4. The largest absolute Gasteiger partial charge is 0.327 e. The topological polar surface area (TPSA) is 78.0 Å². The molecular formula is C14H23N3O4S. The molecule has 0 aromatic rings. The van der Waals surface area contributed by atoms with Crippen molar-refractivity contribution >= 4 is 22.0 Å². The van der Waals surface area contributed by atoms with Crippen LogP contribution in [0.4, 0.5) is 4.79 Å². The van der Waals surface area contributed by atoms with Gasteiger partial charge >= 0.3 is 6.03 Å². The summed E-state index contributed by atoms with van der Waals surface area (Å²) >= 11 is 0. The fraction of sp³-hybridized carbons (Fsp3) is 0.857. The van der Waals surface area contributed by atoms with E-state index in [1.54, 1.807) is 18.7 Å². The summed E-state index contributed by atoms with van der Waals surface area (Å²) in [5.41, 5.74) is 0. The second kappa shape index (κ2) is 5.49. The van der Waals surface area contributed by atoms with Crippen LogP contribution >= 0.6 is 0 Å². The Morgan fingerprint density at radius 2 is 1.59 bits per heavy atom. The Morgan fingerprint density at radius 3 is 2.09 bits per heavy atom. The molecule has 2 aliphatic heterocycles. The molecule has 1 aliphatic carbocycles. The molecule has 22 heavy (non-hydrogen) atoms. The van der Waals surface area contributed by atoms with Crippen LogP contribution in [-0.4, -0.2) is 71.4 Å². The highest BCUT2D eigenvalue weighted by atomic mass is 32.2. The van der Waals surface area contributed by atoms with Crippen molar-refractivity contribution in [3.05, 3.63) is 0 Å². The van der Waals surface area contributed by atoms with Crippen molar-refractivity contribution in [1.29, 1.82) is 0 Å². The van der Waals surface area contributed by atoms with Crippen LogP contribution < -0.4 is 0 Å². The van der Waals surface area contributed by atoms with E-state index in [4.69, 9.17) is 0 Å². The maximum atomic E-state index is 12.4. The van der Waals surface area contributed by atoms with E-state index in [9.17, 15) is 18.0 Å². The summed E-state index contributed by atoms with van der Waals surface area (Å²) in [6.07, 6.45) is 3.03. The van der Waals surface area contributed by atoms with Crippen molar-refractivity contribution in [3.8, 4) is 0 Å². The predicted octanol–water partition coefficient (Wildman–Crippen LogP) is 0.616. The quantitative estimate of drug-likeness (QED) is 0.708. The van der Waals surface area contributed by atoms with Gasteiger partial charge in [0, 0.05) is 25.2 Å². The maximum absolute atomic E-state index is 12.4. The van der Waals surface area contributed by atoms with Gasteiger partial charge in [0.05, 0.1) is 5.25 Å². The molecule has 3 aliphatic rings.